The molecule has 23 heteroatoms. The van der Waals surface area contributed by atoms with Gasteiger partial charge in [0.15, 0.2) is 11.3 Å². The summed E-state index contributed by atoms with van der Waals surface area (Å²) in [4.78, 5) is 70.3. The van der Waals surface area contributed by atoms with Gasteiger partial charge in [-0.05, 0) is 69.3 Å². The number of hydrogen-bond donors (Lipinski definition) is 5. The second-order valence-corrected chi connectivity index (χ2v) is 17.9. The first-order chi connectivity index (χ1) is 37.8. The molecule has 2 atom stereocenters. The zero-order chi connectivity index (χ0) is 54.9. The fraction of sp³-hybridized carbons (Fsp3) is 0.182. The van der Waals surface area contributed by atoms with Gasteiger partial charge >= 0.3 is 18.2 Å². The number of nitrogens with one attached hydrogen (secondary N) is 3. The molecule has 0 unspecified atom stereocenters. The Morgan fingerprint density at radius 2 is 1.12 bits per heavy atom. The van der Waals surface area contributed by atoms with Crippen molar-refractivity contribution in [2.24, 2.45) is 5.73 Å². The predicted molar refractivity (Wildman–Crippen MR) is 286 cm³/mol. The van der Waals surface area contributed by atoms with E-state index in [-0.39, 0.29) is 44.1 Å². The number of nitrogens with zero attached hydrogens (tertiary/aromatic N) is 12. The largest absolute Gasteiger partial charge is 0.462 e. The minimum atomic E-state index is -0.703. The van der Waals surface area contributed by atoms with Crippen LogP contribution in [-0.2, 0) is 4.74 Å². The van der Waals surface area contributed by atoms with E-state index in [0.717, 1.165) is 28.1 Å². The number of rotatable bonds is 15. The molecule has 0 bridgehead atoms. The van der Waals surface area contributed by atoms with Gasteiger partial charge in [0.05, 0.1) is 65.0 Å². The Kier molecular flexibility index (Phi) is 18.1. The lowest BCUT2D eigenvalue weighted by Gasteiger charge is -2.23. The van der Waals surface area contributed by atoms with E-state index in [0.29, 0.717) is 39.4 Å². The Morgan fingerprint density at radius 1 is 0.628 bits per heavy atom. The quantitative estimate of drug-likeness (QED) is 0.0728. The summed E-state index contributed by atoms with van der Waals surface area (Å²) >= 11 is 0. The predicted octanol–water partition coefficient (Wildman–Crippen LogP) is 6.07. The molecule has 0 spiro atoms. The Hall–Kier alpha value is -10.0. The monoisotopic (exact) mass is 1050 g/mol. The smallest absolute Gasteiger partial charge is 0.408 e. The third-order valence-electron chi connectivity index (χ3n) is 11.0. The molecule has 0 radical (unpaired) electrons. The SMILES string of the molecule is CC(C)(C)OC(=O)N[C@@H](CO)CNC(=O)c1ccnc(-c2cnn3ccc(-c4ccccc4)nc23)c1.Fc1ncccn1.N[C@H](CNC(=O)c1ccnc(-c2cnn3ccc(-c4ccccc4)nc23)c1)COc1ncccn1. The average Bonchev–Trinajstić information content (AvgIpc) is 4.11. The van der Waals surface area contributed by atoms with Crippen LogP contribution in [-0.4, -0.2) is 126 Å². The zero-order valence-corrected chi connectivity index (χ0v) is 42.5. The van der Waals surface area contributed by atoms with Crippen molar-refractivity contribution < 1.29 is 33.4 Å². The van der Waals surface area contributed by atoms with Crippen LogP contribution in [0.15, 0.2) is 171 Å². The molecule has 10 aromatic rings. The van der Waals surface area contributed by atoms with Gasteiger partial charge in [0.25, 0.3) is 11.8 Å². The van der Waals surface area contributed by atoms with Crippen LogP contribution < -0.4 is 26.4 Å². The number of aliphatic hydroxyl groups excluding tert-OH is 1. The van der Waals surface area contributed by atoms with E-state index >= 15 is 0 Å². The molecule has 8 aromatic heterocycles. The second-order valence-electron chi connectivity index (χ2n) is 17.9. The van der Waals surface area contributed by atoms with Crippen molar-refractivity contribution in [3.63, 3.8) is 0 Å². The molecule has 3 amide bonds. The number of amides is 3. The molecule has 22 nitrogen and oxygen atoms in total. The lowest BCUT2D eigenvalue weighted by molar-refractivity contribution is 0.0479. The van der Waals surface area contributed by atoms with Crippen molar-refractivity contribution in [1.82, 2.24) is 75.1 Å². The Morgan fingerprint density at radius 3 is 1.58 bits per heavy atom. The van der Waals surface area contributed by atoms with Crippen molar-refractivity contribution >= 4 is 29.2 Å². The van der Waals surface area contributed by atoms with E-state index in [9.17, 15) is 23.9 Å². The van der Waals surface area contributed by atoms with Gasteiger partial charge in [-0.25, -0.2) is 43.7 Å². The van der Waals surface area contributed by atoms with E-state index in [1.807, 2.05) is 85.2 Å². The highest BCUT2D eigenvalue weighted by Crippen LogP contribution is 2.27. The molecule has 0 aliphatic carbocycles. The summed E-state index contributed by atoms with van der Waals surface area (Å²) in [6, 6.07) is 32.5. The molecule has 8 heterocycles. The van der Waals surface area contributed by atoms with Crippen LogP contribution in [0, 0.1) is 6.08 Å². The van der Waals surface area contributed by atoms with Crippen LogP contribution in [0.2, 0.25) is 0 Å². The fourth-order valence-corrected chi connectivity index (χ4v) is 7.24. The van der Waals surface area contributed by atoms with Crippen molar-refractivity contribution in [3.05, 3.63) is 188 Å². The molecule has 10 rings (SSSR count). The molecule has 0 saturated heterocycles. The van der Waals surface area contributed by atoms with Gasteiger partial charge in [0.1, 0.15) is 12.2 Å². The maximum absolute atomic E-state index is 12.8. The highest BCUT2D eigenvalue weighted by molar-refractivity contribution is 5.96. The van der Waals surface area contributed by atoms with Gasteiger partial charge in [0, 0.05) is 84.9 Å². The number of nitrogens with two attached hydrogens (primary N) is 1. The Bertz CT molecular complexity index is 3570. The number of carbonyl (C=O) groups excluding carboxylic acids is 3. The number of aliphatic hydroxyl groups is 1. The normalized spacial score (nSPS) is 11.7. The summed E-state index contributed by atoms with van der Waals surface area (Å²) in [5.74, 6) is -0.646. The number of carbonyl (C=O) groups is 3. The molecule has 396 valence electrons. The maximum atomic E-state index is 12.8. The number of alkyl carbamates (subject to hydrolysis) is 1. The average molecular weight is 1050 g/mol. The fourth-order valence-electron chi connectivity index (χ4n) is 7.24. The molecule has 6 N–H and O–H groups in total. The Balaban J connectivity index is 0.000000183. The van der Waals surface area contributed by atoms with Crippen LogP contribution >= 0.6 is 0 Å². The lowest BCUT2D eigenvalue weighted by atomic mass is 10.1. The second kappa shape index (κ2) is 26.0. The number of benzene rings is 2. The number of halogens is 1. The van der Waals surface area contributed by atoms with Crippen molar-refractivity contribution in [1.29, 1.82) is 0 Å². The molecule has 78 heavy (non-hydrogen) atoms. The third kappa shape index (κ3) is 15.1. The van der Waals surface area contributed by atoms with Gasteiger partial charge in [-0.1, -0.05) is 60.7 Å². The van der Waals surface area contributed by atoms with Crippen LogP contribution in [0.1, 0.15) is 41.5 Å². The Labute approximate surface area is 446 Å². The minimum Gasteiger partial charge on any atom is -0.462 e. The van der Waals surface area contributed by atoms with Crippen molar-refractivity contribution in [2.75, 3.05) is 26.3 Å². The zero-order valence-electron chi connectivity index (χ0n) is 42.5. The van der Waals surface area contributed by atoms with Gasteiger partial charge in [-0.15, -0.1) is 0 Å². The van der Waals surface area contributed by atoms with E-state index in [1.165, 1.54) is 18.6 Å². The van der Waals surface area contributed by atoms with Gasteiger partial charge in [0.2, 0.25) is 0 Å². The van der Waals surface area contributed by atoms with E-state index in [4.69, 9.17) is 25.2 Å². The molecule has 0 aliphatic rings. The number of aromatic nitrogens is 12. The summed E-state index contributed by atoms with van der Waals surface area (Å²) in [6.07, 6.45) is 14.7. The lowest BCUT2D eigenvalue weighted by Crippen LogP contribution is -2.47. The molecular formula is C55H53FN16O6. The van der Waals surface area contributed by atoms with Crippen LogP contribution in [0.25, 0.3) is 56.3 Å². The summed E-state index contributed by atoms with van der Waals surface area (Å²) < 4.78 is 25.7. The van der Waals surface area contributed by atoms with Crippen molar-refractivity contribution in [2.45, 2.75) is 38.5 Å². The minimum absolute atomic E-state index is 0.0188. The van der Waals surface area contributed by atoms with Crippen molar-refractivity contribution in [3.8, 4) is 51.0 Å². The number of hydrogen-bond acceptors (Lipinski definition) is 17. The standard InChI is InChI=1S/C26H28N6O4.C25H22N8O2.C4H3FN2/c1-26(2,3)36-25(35)30-19(16-33)14-28-24(34)18-9-11-27-22(13-18)20-15-29-32-12-10-21(31-23(20)32)17-7-5-4-6-8-17;26-19(16-35-25-28-9-4-10-29-25)14-30-24(34)18-7-11-27-22(13-18)20-15-31-33-12-8-21(32-23(20)33)17-5-2-1-3-6-17;5-4-6-2-1-3-7-4/h4-13,15,19,33H,14,16H2,1-3H3,(H,28,34)(H,30,35);1-13,15,19H,14,16,26H2,(H,30,34);1-3H/t2*19-;/m11./s1. The number of ether oxygens (including phenoxy) is 2. The van der Waals surface area contributed by atoms with Crippen LogP contribution in [0.4, 0.5) is 9.18 Å². The van der Waals surface area contributed by atoms with Crippen LogP contribution in [0.3, 0.4) is 0 Å². The first kappa shape index (κ1) is 54.3. The summed E-state index contributed by atoms with van der Waals surface area (Å²) in [5, 5.41) is 26.4. The highest BCUT2D eigenvalue weighted by Gasteiger charge is 2.21. The summed E-state index contributed by atoms with van der Waals surface area (Å²) in [7, 11) is 0. The van der Waals surface area contributed by atoms with E-state index < -0.39 is 29.9 Å². The first-order valence-electron chi connectivity index (χ1n) is 24.3. The molecule has 2 aromatic carbocycles. The molecular weight excluding hydrogens is 1000 g/mol. The highest BCUT2D eigenvalue weighted by atomic mass is 19.1. The van der Waals surface area contributed by atoms with Gasteiger partial charge in [-0.2, -0.15) is 14.6 Å². The molecule has 0 fully saturated rings. The topological polar surface area (TPSA) is 290 Å². The van der Waals surface area contributed by atoms with Gasteiger partial charge < -0.3 is 36.3 Å². The van der Waals surface area contributed by atoms with Crippen LogP contribution in [0.5, 0.6) is 6.01 Å². The summed E-state index contributed by atoms with van der Waals surface area (Å²) in [5.41, 5.74) is 13.6. The van der Waals surface area contributed by atoms with E-state index in [2.05, 4.69) is 56.1 Å². The van der Waals surface area contributed by atoms with E-state index in [1.54, 1.807) is 97.2 Å². The maximum Gasteiger partial charge on any atom is 0.408 e. The number of pyridine rings is 2. The number of fused-ring (bicyclic) bond motifs is 2. The molecule has 0 aliphatic heterocycles. The summed E-state index contributed by atoms with van der Waals surface area (Å²) in [6.45, 7) is 5.28. The first-order valence-corrected chi connectivity index (χ1v) is 24.3. The third-order valence-corrected chi connectivity index (χ3v) is 11.0. The van der Waals surface area contributed by atoms with Gasteiger partial charge in [-0.3, -0.25) is 19.6 Å². The molecule has 0 saturated carbocycles.